The summed E-state index contributed by atoms with van der Waals surface area (Å²) >= 11 is 0. The summed E-state index contributed by atoms with van der Waals surface area (Å²) in [4.78, 5) is 11.3. The van der Waals surface area contributed by atoms with Crippen LogP contribution in [0.15, 0.2) is 29.2 Å². The topological polar surface area (TPSA) is 87.3 Å². The third kappa shape index (κ3) is 4.44. The van der Waals surface area contributed by atoms with E-state index >= 15 is 0 Å². The molecule has 0 aromatic heterocycles. The number of sulfonamides is 1. The van der Waals surface area contributed by atoms with Gasteiger partial charge in [0.1, 0.15) is 0 Å². The first-order valence-corrected chi connectivity index (χ1v) is 8.51. The SMILES string of the molecule is CC(C)NS(=O)(=O)c1ccc(NCC2CCC(=O)N2)cc1. The Bertz CT molecular complexity index is 596. The van der Waals surface area contributed by atoms with Crippen molar-refractivity contribution in [3.63, 3.8) is 0 Å². The van der Waals surface area contributed by atoms with Gasteiger partial charge in [-0.1, -0.05) is 0 Å². The molecule has 1 aromatic rings. The Labute approximate surface area is 125 Å². The maximum Gasteiger partial charge on any atom is 0.240 e. The van der Waals surface area contributed by atoms with Crippen LogP contribution in [-0.4, -0.2) is 33.0 Å². The van der Waals surface area contributed by atoms with Gasteiger partial charge < -0.3 is 10.6 Å². The quantitative estimate of drug-likeness (QED) is 0.733. The fraction of sp³-hybridized carbons (Fsp3) is 0.500. The largest absolute Gasteiger partial charge is 0.383 e. The molecule has 0 radical (unpaired) electrons. The Hall–Kier alpha value is -1.60. The maximum atomic E-state index is 12.0. The van der Waals surface area contributed by atoms with Crippen LogP contribution in [0.25, 0.3) is 0 Å². The van der Waals surface area contributed by atoms with E-state index < -0.39 is 10.0 Å². The van der Waals surface area contributed by atoms with Crippen molar-refractivity contribution in [2.45, 2.75) is 43.7 Å². The molecule has 21 heavy (non-hydrogen) atoms. The Kier molecular flexibility index (Phi) is 4.84. The van der Waals surface area contributed by atoms with Gasteiger partial charge in [0.25, 0.3) is 0 Å². The van der Waals surface area contributed by atoms with E-state index in [1.807, 2.05) is 0 Å². The molecule has 6 nitrogen and oxygen atoms in total. The summed E-state index contributed by atoms with van der Waals surface area (Å²) < 4.78 is 26.5. The van der Waals surface area contributed by atoms with E-state index in [-0.39, 0.29) is 22.9 Å². The molecule has 1 saturated heterocycles. The lowest BCUT2D eigenvalue weighted by Crippen LogP contribution is -2.32. The molecule has 1 fully saturated rings. The van der Waals surface area contributed by atoms with Gasteiger partial charge in [0.15, 0.2) is 0 Å². The number of carbonyl (C=O) groups is 1. The molecule has 1 aliphatic rings. The lowest BCUT2D eigenvalue weighted by molar-refractivity contribution is -0.119. The molecule has 1 unspecified atom stereocenters. The van der Waals surface area contributed by atoms with Gasteiger partial charge >= 0.3 is 0 Å². The van der Waals surface area contributed by atoms with Crippen LogP contribution < -0.4 is 15.4 Å². The second-order valence-electron chi connectivity index (χ2n) is 5.48. The van der Waals surface area contributed by atoms with Crippen LogP contribution in [0, 0.1) is 0 Å². The first-order valence-electron chi connectivity index (χ1n) is 7.02. The third-order valence-electron chi connectivity index (χ3n) is 3.19. The third-order valence-corrected chi connectivity index (χ3v) is 4.87. The Balaban J connectivity index is 1.94. The predicted octanol–water partition coefficient (Wildman–Crippen LogP) is 1.06. The average molecular weight is 311 g/mol. The minimum Gasteiger partial charge on any atom is -0.383 e. The summed E-state index contributed by atoms with van der Waals surface area (Å²) in [6.07, 6.45) is 1.40. The van der Waals surface area contributed by atoms with E-state index in [1.54, 1.807) is 38.1 Å². The molecule has 2 rings (SSSR count). The molecule has 116 valence electrons. The second-order valence-corrected chi connectivity index (χ2v) is 7.20. The molecule has 1 amide bonds. The van der Waals surface area contributed by atoms with Gasteiger partial charge in [0.2, 0.25) is 15.9 Å². The number of carbonyl (C=O) groups excluding carboxylic acids is 1. The average Bonchev–Trinajstić information content (AvgIpc) is 2.81. The molecule has 1 heterocycles. The zero-order valence-electron chi connectivity index (χ0n) is 12.2. The Morgan fingerprint density at radius 1 is 1.29 bits per heavy atom. The molecule has 0 bridgehead atoms. The van der Waals surface area contributed by atoms with Crippen LogP contribution in [-0.2, 0) is 14.8 Å². The molecular weight excluding hydrogens is 290 g/mol. The minimum absolute atomic E-state index is 0.0861. The molecule has 1 atom stereocenters. The molecule has 3 N–H and O–H groups in total. The Morgan fingerprint density at radius 2 is 1.95 bits per heavy atom. The van der Waals surface area contributed by atoms with Crippen molar-refractivity contribution in [3.05, 3.63) is 24.3 Å². The van der Waals surface area contributed by atoms with Crippen LogP contribution in [0.1, 0.15) is 26.7 Å². The van der Waals surface area contributed by atoms with E-state index in [2.05, 4.69) is 15.4 Å². The van der Waals surface area contributed by atoms with Crippen molar-refractivity contribution in [2.24, 2.45) is 0 Å². The van der Waals surface area contributed by atoms with Gasteiger partial charge in [-0.15, -0.1) is 0 Å². The number of nitrogens with one attached hydrogen (secondary N) is 3. The van der Waals surface area contributed by atoms with Crippen LogP contribution in [0.3, 0.4) is 0 Å². The van der Waals surface area contributed by atoms with Gasteiger partial charge in [-0.3, -0.25) is 4.79 Å². The first-order chi connectivity index (χ1) is 9.87. The Morgan fingerprint density at radius 3 is 2.48 bits per heavy atom. The van der Waals surface area contributed by atoms with Gasteiger partial charge in [-0.25, -0.2) is 13.1 Å². The van der Waals surface area contributed by atoms with Crippen molar-refractivity contribution < 1.29 is 13.2 Å². The highest BCUT2D eigenvalue weighted by atomic mass is 32.2. The minimum atomic E-state index is -3.45. The smallest absolute Gasteiger partial charge is 0.240 e. The molecule has 0 saturated carbocycles. The van der Waals surface area contributed by atoms with Gasteiger partial charge in [0.05, 0.1) is 4.90 Å². The number of amides is 1. The van der Waals surface area contributed by atoms with Crippen molar-refractivity contribution in [1.29, 1.82) is 0 Å². The molecular formula is C14H21N3O3S. The van der Waals surface area contributed by atoms with Crippen LogP contribution in [0.2, 0.25) is 0 Å². The number of hydrogen-bond donors (Lipinski definition) is 3. The normalized spacial score (nSPS) is 18.8. The summed E-state index contributed by atoms with van der Waals surface area (Å²) in [5.74, 6) is 0.0861. The van der Waals surface area contributed by atoms with Gasteiger partial charge in [-0.05, 0) is 44.5 Å². The van der Waals surface area contributed by atoms with E-state index in [9.17, 15) is 13.2 Å². The fourth-order valence-corrected chi connectivity index (χ4v) is 3.45. The number of benzene rings is 1. The van der Waals surface area contributed by atoms with E-state index in [4.69, 9.17) is 0 Å². The maximum absolute atomic E-state index is 12.0. The van der Waals surface area contributed by atoms with Gasteiger partial charge in [0, 0.05) is 30.7 Å². The van der Waals surface area contributed by atoms with Gasteiger partial charge in [-0.2, -0.15) is 0 Å². The van der Waals surface area contributed by atoms with Crippen LogP contribution in [0.5, 0.6) is 0 Å². The van der Waals surface area contributed by atoms with Crippen LogP contribution in [0.4, 0.5) is 5.69 Å². The van der Waals surface area contributed by atoms with Crippen LogP contribution >= 0.6 is 0 Å². The molecule has 1 aliphatic heterocycles. The van der Waals surface area contributed by atoms with E-state index in [0.29, 0.717) is 13.0 Å². The highest BCUT2D eigenvalue weighted by molar-refractivity contribution is 7.89. The highest BCUT2D eigenvalue weighted by Gasteiger charge is 2.20. The zero-order chi connectivity index (χ0) is 15.5. The summed E-state index contributed by atoms with van der Waals surface area (Å²) in [6.45, 7) is 4.20. The highest BCUT2D eigenvalue weighted by Crippen LogP contribution is 2.15. The number of hydrogen-bond acceptors (Lipinski definition) is 4. The molecule has 0 spiro atoms. The number of rotatable bonds is 6. The molecule has 1 aromatic carbocycles. The lowest BCUT2D eigenvalue weighted by atomic mass is 10.2. The lowest BCUT2D eigenvalue weighted by Gasteiger charge is -2.13. The summed E-state index contributed by atoms with van der Waals surface area (Å²) in [5.41, 5.74) is 0.833. The fourth-order valence-electron chi connectivity index (χ4n) is 2.20. The zero-order valence-corrected chi connectivity index (χ0v) is 13.0. The molecule has 7 heteroatoms. The summed E-state index contributed by atoms with van der Waals surface area (Å²) in [7, 11) is -3.45. The van der Waals surface area contributed by atoms with E-state index in [1.165, 1.54) is 0 Å². The summed E-state index contributed by atoms with van der Waals surface area (Å²) in [5, 5.41) is 6.07. The standard InChI is InChI=1S/C14H21N3O3S/c1-10(2)17-21(19,20)13-6-3-11(4-7-13)15-9-12-5-8-14(18)16-12/h3-4,6-7,10,12,15,17H,5,8-9H2,1-2H3,(H,16,18). The van der Waals surface area contributed by atoms with Crippen molar-refractivity contribution in [2.75, 3.05) is 11.9 Å². The number of anilines is 1. The molecule has 0 aliphatic carbocycles. The van der Waals surface area contributed by atoms with Crippen molar-refractivity contribution in [3.8, 4) is 0 Å². The second kappa shape index (κ2) is 6.44. The van der Waals surface area contributed by atoms with Crippen molar-refractivity contribution >= 4 is 21.6 Å². The monoisotopic (exact) mass is 311 g/mol. The van der Waals surface area contributed by atoms with Crippen molar-refractivity contribution in [1.82, 2.24) is 10.0 Å². The predicted molar refractivity (Wildman–Crippen MR) is 81.6 cm³/mol. The van der Waals surface area contributed by atoms with E-state index in [0.717, 1.165) is 12.1 Å². The first kappa shape index (κ1) is 15.8. The summed E-state index contributed by atoms with van der Waals surface area (Å²) in [6, 6.07) is 6.60.